The van der Waals surface area contributed by atoms with Gasteiger partial charge < -0.3 is 15.2 Å². The summed E-state index contributed by atoms with van der Waals surface area (Å²) in [4.78, 5) is 30.3. The van der Waals surface area contributed by atoms with E-state index in [2.05, 4.69) is 25.3 Å². The largest absolute Gasteiger partial charge is 0.354 e. The highest BCUT2D eigenvalue weighted by Gasteiger charge is 2.44. The molecule has 1 amide bonds. The van der Waals surface area contributed by atoms with Crippen molar-refractivity contribution in [3.63, 3.8) is 0 Å². The average Bonchev–Trinajstić information content (AvgIpc) is 3.27. The van der Waals surface area contributed by atoms with Gasteiger partial charge in [-0.1, -0.05) is 11.6 Å². The Kier molecular flexibility index (Phi) is 4.66. The van der Waals surface area contributed by atoms with Crippen LogP contribution >= 0.6 is 11.6 Å². The second kappa shape index (κ2) is 7.01. The van der Waals surface area contributed by atoms with E-state index >= 15 is 0 Å². The first-order valence-electron chi connectivity index (χ1n) is 9.15. The molecule has 3 aromatic heterocycles. The Morgan fingerprint density at radius 3 is 3.07 bits per heavy atom. The number of aromatic amines is 1. The summed E-state index contributed by atoms with van der Waals surface area (Å²) in [6, 6.07) is 1.76. The van der Waals surface area contributed by atoms with Crippen molar-refractivity contribution in [1.29, 1.82) is 0 Å². The van der Waals surface area contributed by atoms with E-state index in [1.54, 1.807) is 23.4 Å². The number of amides is 1. The van der Waals surface area contributed by atoms with Gasteiger partial charge in [0.15, 0.2) is 17.5 Å². The van der Waals surface area contributed by atoms with Gasteiger partial charge in [0.2, 0.25) is 5.91 Å². The molecule has 0 unspecified atom stereocenters. The number of H-pyrrole nitrogens is 1. The predicted octanol–water partition coefficient (Wildman–Crippen LogP) is 3.80. The molecule has 0 aliphatic carbocycles. The van der Waals surface area contributed by atoms with Gasteiger partial charge in [0.25, 0.3) is 0 Å². The summed E-state index contributed by atoms with van der Waals surface area (Å²) in [7, 11) is 0. The number of aromatic nitrogens is 4. The summed E-state index contributed by atoms with van der Waals surface area (Å²) in [6.45, 7) is 4.74. The lowest BCUT2D eigenvalue weighted by Gasteiger charge is -2.34. The Labute approximate surface area is 169 Å². The highest BCUT2D eigenvalue weighted by atomic mass is 35.5. The van der Waals surface area contributed by atoms with Crippen LogP contribution in [0.2, 0.25) is 5.02 Å². The van der Waals surface area contributed by atoms with E-state index in [9.17, 15) is 9.18 Å². The Morgan fingerprint density at radius 2 is 2.29 bits per heavy atom. The van der Waals surface area contributed by atoms with Crippen molar-refractivity contribution in [3.05, 3.63) is 35.5 Å². The predicted molar refractivity (Wildman–Crippen MR) is 110 cm³/mol. The Bertz CT molecular complexity index is 1060. The third-order valence-corrected chi connectivity index (χ3v) is 5.39. The minimum absolute atomic E-state index is 0. The van der Waals surface area contributed by atoms with E-state index in [0.29, 0.717) is 41.6 Å². The van der Waals surface area contributed by atoms with Crippen LogP contribution in [0.5, 0.6) is 0 Å². The van der Waals surface area contributed by atoms with Crippen LogP contribution in [0.3, 0.4) is 0 Å². The average molecular weight is 407 g/mol. The lowest BCUT2D eigenvalue weighted by Crippen LogP contribution is -2.54. The maximum atomic E-state index is 14.7. The highest BCUT2D eigenvalue weighted by Crippen LogP contribution is 2.36. The number of pyridine rings is 1. The van der Waals surface area contributed by atoms with Crippen molar-refractivity contribution >= 4 is 34.4 Å². The molecule has 4 heterocycles. The number of halogens is 2. The zero-order valence-electron chi connectivity index (χ0n) is 15.6. The lowest BCUT2D eigenvalue weighted by molar-refractivity contribution is -0.125. The number of nitrogens with one attached hydrogen (secondary N) is 2. The van der Waals surface area contributed by atoms with Gasteiger partial charge in [-0.05, 0) is 32.8 Å². The number of fused-ring (bicyclic) bond motifs is 1. The second-order valence-corrected chi connectivity index (χ2v) is 7.44. The van der Waals surface area contributed by atoms with Gasteiger partial charge in [-0.25, -0.2) is 19.3 Å². The van der Waals surface area contributed by atoms with E-state index in [1.165, 1.54) is 0 Å². The topological polar surface area (TPSA) is 86.8 Å². The minimum Gasteiger partial charge on any atom is -0.354 e. The van der Waals surface area contributed by atoms with Crippen LogP contribution in [0.25, 0.3) is 22.4 Å². The van der Waals surface area contributed by atoms with Gasteiger partial charge in [-0.3, -0.25) is 4.79 Å². The molecule has 1 fully saturated rings. The Morgan fingerprint density at radius 1 is 1.46 bits per heavy atom. The summed E-state index contributed by atoms with van der Waals surface area (Å²) in [5.41, 5.74) is 0.459. The molecule has 1 saturated heterocycles. The molecule has 3 aromatic rings. The monoisotopic (exact) mass is 406 g/mol. The third-order valence-electron chi connectivity index (χ3n) is 5.19. The summed E-state index contributed by atoms with van der Waals surface area (Å²) >= 11 is 6.07. The van der Waals surface area contributed by atoms with E-state index in [-0.39, 0.29) is 14.6 Å². The third kappa shape index (κ3) is 2.97. The fourth-order valence-corrected chi connectivity index (χ4v) is 3.89. The smallest absolute Gasteiger partial charge is 0.245 e. The summed E-state index contributed by atoms with van der Waals surface area (Å²) in [5.74, 6) is -0.218. The van der Waals surface area contributed by atoms with E-state index in [0.717, 1.165) is 18.0 Å². The highest BCUT2D eigenvalue weighted by molar-refractivity contribution is 6.31. The van der Waals surface area contributed by atoms with Crippen LogP contribution < -0.4 is 10.2 Å². The standard InChI is InChI=1S/C19H20ClFN6O.2H2/c1-3-22-18(28)19(2)5-4-6-27(19)17-14(21)10-25-16(26-17)13-9-24-15-12(13)7-11(20)8-23-15;;/h7-10H,3-6H2,1-2H3,(H,22,28)(H,23,24);2*1H/t19-;;/m1../s1. The molecule has 7 nitrogen and oxygen atoms in total. The number of carbonyl (C=O) groups excluding carboxylic acids is 1. The van der Waals surface area contributed by atoms with Crippen LogP contribution in [-0.4, -0.2) is 44.5 Å². The number of hydrogen-bond donors (Lipinski definition) is 2. The molecular weight excluding hydrogens is 383 g/mol. The fraction of sp³-hybridized carbons (Fsp3) is 0.368. The number of hydrogen-bond acceptors (Lipinski definition) is 5. The minimum atomic E-state index is -0.854. The Hall–Kier alpha value is -2.74. The fourth-order valence-electron chi connectivity index (χ4n) is 3.73. The number of anilines is 1. The van der Waals surface area contributed by atoms with E-state index in [4.69, 9.17) is 11.6 Å². The normalized spacial score (nSPS) is 19.4. The Balaban J connectivity index is 0.00000160. The molecule has 2 N–H and O–H groups in total. The van der Waals surface area contributed by atoms with Crippen molar-refractivity contribution in [2.75, 3.05) is 18.0 Å². The molecule has 150 valence electrons. The maximum absolute atomic E-state index is 14.7. The van der Waals surface area contributed by atoms with Gasteiger partial charge in [-0.15, -0.1) is 0 Å². The molecule has 1 aliphatic heterocycles. The van der Waals surface area contributed by atoms with Crippen LogP contribution in [0.15, 0.2) is 24.7 Å². The molecule has 0 spiro atoms. The van der Waals surface area contributed by atoms with Gasteiger partial charge >= 0.3 is 0 Å². The molecule has 1 aliphatic rings. The van der Waals surface area contributed by atoms with Crippen molar-refractivity contribution in [3.8, 4) is 11.4 Å². The SMILES string of the molecule is CCNC(=O)[C@@]1(C)CCCN1c1nc(-c2c[nH]c3ncc(Cl)cc23)ncc1F.[HH].[HH]. The zero-order valence-corrected chi connectivity index (χ0v) is 16.3. The first-order chi connectivity index (χ1) is 13.4. The first kappa shape index (κ1) is 18.6. The van der Waals surface area contributed by atoms with Crippen molar-refractivity contribution < 1.29 is 12.0 Å². The van der Waals surface area contributed by atoms with Crippen LogP contribution in [0, 0.1) is 5.82 Å². The molecule has 0 radical (unpaired) electrons. The van der Waals surface area contributed by atoms with Crippen LogP contribution in [-0.2, 0) is 4.79 Å². The van der Waals surface area contributed by atoms with Gasteiger partial charge in [0.1, 0.15) is 11.2 Å². The summed E-state index contributed by atoms with van der Waals surface area (Å²) in [6.07, 6.45) is 5.81. The van der Waals surface area contributed by atoms with Crippen molar-refractivity contribution in [2.45, 2.75) is 32.2 Å². The van der Waals surface area contributed by atoms with Gasteiger partial charge in [0, 0.05) is 39.3 Å². The molecule has 0 saturated carbocycles. The lowest BCUT2D eigenvalue weighted by atomic mass is 9.97. The van der Waals surface area contributed by atoms with Crippen LogP contribution in [0.4, 0.5) is 10.2 Å². The zero-order chi connectivity index (χ0) is 19.9. The first-order valence-corrected chi connectivity index (χ1v) is 9.53. The molecule has 1 atom stereocenters. The quantitative estimate of drug-likeness (QED) is 0.688. The van der Waals surface area contributed by atoms with Gasteiger partial charge in [0.05, 0.1) is 11.2 Å². The van der Waals surface area contributed by atoms with Gasteiger partial charge in [-0.2, -0.15) is 0 Å². The molecule has 0 bridgehead atoms. The number of rotatable bonds is 4. The van der Waals surface area contributed by atoms with E-state index in [1.807, 2.05) is 13.8 Å². The second-order valence-electron chi connectivity index (χ2n) is 7.01. The number of likely N-dealkylation sites (N-methyl/N-ethyl adjacent to an activating group) is 1. The molecular formula is C19H24ClFN6O. The summed E-state index contributed by atoms with van der Waals surface area (Å²) in [5, 5.41) is 4.08. The van der Waals surface area contributed by atoms with E-state index < -0.39 is 11.4 Å². The van der Waals surface area contributed by atoms with Crippen molar-refractivity contribution in [2.24, 2.45) is 0 Å². The number of carbonyl (C=O) groups is 1. The molecule has 9 heteroatoms. The molecule has 4 rings (SSSR count). The maximum Gasteiger partial charge on any atom is 0.245 e. The molecule has 28 heavy (non-hydrogen) atoms. The number of nitrogens with zero attached hydrogens (tertiary/aromatic N) is 4. The van der Waals surface area contributed by atoms with Crippen molar-refractivity contribution in [1.82, 2.24) is 25.3 Å². The van der Waals surface area contributed by atoms with Crippen LogP contribution in [0.1, 0.15) is 29.5 Å². The summed E-state index contributed by atoms with van der Waals surface area (Å²) < 4.78 is 14.7. The molecule has 0 aromatic carbocycles.